The molecule has 1 atom stereocenters. The van der Waals surface area contributed by atoms with Crippen molar-refractivity contribution in [2.24, 2.45) is 4.99 Å². The van der Waals surface area contributed by atoms with Crippen molar-refractivity contribution in [2.45, 2.75) is 12.0 Å². The average Bonchev–Trinajstić information content (AvgIpc) is 3.28. The van der Waals surface area contributed by atoms with Gasteiger partial charge >= 0.3 is 5.97 Å². The Balaban J connectivity index is 1.79. The maximum absolute atomic E-state index is 13.6. The third-order valence-electron chi connectivity index (χ3n) is 5.60. The van der Waals surface area contributed by atoms with Gasteiger partial charge in [-0.15, -0.1) is 0 Å². The molecule has 0 radical (unpaired) electrons. The Kier molecular flexibility index (Phi) is 6.80. The molecule has 172 valence electrons. The molecular weight excluding hydrogens is 497 g/mol. The summed E-state index contributed by atoms with van der Waals surface area (Å²) in [4.78, 5) is 29.6. The molecular formula is C26H18Cl3NO4. The molecule has 0 bridgehead atoms. The Labute approximate surface area is 211 Å². The molecule has 0 saturated heterocycles. The Morgan fingerprint density at radius 1 is 1.00 bits per heavy atom. The molecule has 8 heteroatoms. The minimum atomic E-state index is -1.23. The summed E-state index contributed by atoms with van der Waals surface area (Å²) >= 11 is 18.7. The summed E-state index contributed by atoms with van der Waals surface area (Å²) in [6.07, 6.45) is 5.20. The largest absolute Gasteiger partial charge is 0.496 e. The number of methoxy groups -OCH3 is 1. The standard InChI is InChI=1S/C26H18Cl3NO4/c1-34-23-8-4-15(20-12-16(25(32)33)3-7-21(20)28)11-17(23)14-26(9-2-10-30-26)24(31)19-6-5-18(27)13-22(19)29/h2-13H,14H2,1H3,(H,32,33). The zero-order valence-corrected chi connectivity index (χ0v) is 20.2. The molecule has 3 aromatic carbocycles. The van der Waals surface area contributed by atoms with Crippen LogP contribution in [0.3, 0.4) is 0 Å². The zero-order valence-electron chi connectivity index (χ0n) is 17.9. The first kappa shape index (κ1) is 24.0. The predicted octanol–water partition coefficient (Wildman–Crippen LogP) is 6.83. The topological polar surface area (TPSA) is 76.0 Å². The molecule has 34 heavy (non-hydrogen) atoms. The minimum absolute atomic E-state index is 0.115. The van der Waals surface area contributed by atoms with Gasteiger partial charge in [0.2, 0.25) is 0 Å². The number of hydrogen-bond donors (Lipinski definition) is 1. The number of halogens is 3. The molecule has 0 aliphatic carbocycles. The molecule has 1 aliphatic rings. The lowest BCUT2D eigenvalue weighted by Gasteiger charge is -2.25. The summed E-state index contributed by atoms with van der Waals surface area (Å²) in [6.45, 7) is 0. The van der Waals surface area contributed by atoms with Crippen LogP contribution in [-0.4, -0.2) is 35.7 Å². The van der Waals surface area contributed by atoms with Crippen molar-refractivity contribution in [3.63, 3.8) is 0 Å². The Morgan fingerprint density at radius 3 is 2.44 bits per heavy atom. The summed E-state index contributed by atoms with van der Waals surface area (Å²) in [7, 11) is 1.54. The van der Waals surface area contributed by atoms with E-state index in [9.17, 15) is 14.7 Å². The van der Waals surface area contributed by atoms with Crippen molar-refractivity contribution >= 4 is 52.8 Å². The fraction of sp³-hybridized carbons (Fsp3) is 0.115. The molecule has 0 saturated carbocycles. The molecule has 5 nitrogen and oxygen atoms in total. The van der Waals surface area contributed by atoms with E-state index < -0.39 is 11.5 Å². The molecule has 1 heterocycles. The molecule has 0 spiro atoms. The number of carbonyl (C=O) groups is 2. The summed E-state index contributed by atoms with van der Waals surface area (Å²) in [5.74, 6) is -0.779. The lowest BCUT2D eigenvalue weighted by Crippen LogP contribution is -2.36. The van der Waals surface area contributed by atoms with E-state index >= 15 is 0 Å². The Morgan fingerprint density at radius 2 is 1.79 bits per heavy atom. The number of hydrogen-bond acceptors (Lipinski definition) is 4. The van der Waals surface area contributed by atoms with E-state index in [0.29, 0.717) is 38.0 Å². The summed E-state index contributed by atoms with van der Waals surface area (Å²) < 4.78 is 5.55. The maximum Gasteiger partial charge on any atom is 0.335 e. The SMILES string of the molecule is COc1ccc(-c2cc(C(=O)O)ccc2Cl)cc1CC1(C(=O)c2ccc(Cl)cc2Cl)C=CC=N1. The van der Waals surface area contributed by atoms with Gasteiger partial charge in [-0.2, -0.15) is 0 Å². The lowest BCUT2D eigenvalue weighted by molar-refractivity contribution is 0.0696. The van der Waals surface area contributed by atoms with Crippen LogP contribution in [0.2, 0.25) is 15.1 Å². The first-order valence-corrected chi connectivity index (χ1v) is 11.3. The minimum Gasteiger partial charge on any atom is -0.496 e. The number of aromatic carboxylic acids is 1. The van der Waals surface area contributed by atoms with Crippen molar-refractivity contribution in [3.8, 4) is 16.9 Å². The van der Waals surface area contributed by atoms with E-state index in [0.717, 1.165) is 0 Å². The van der Waals surface area contributed by atoms with Gasteiger partial charge in [0.1, 0.15) is 11.3 Å². The van der Waals surface area contributed by atoms with Crippen molar-refractivity contribution < 1.29 is 19.4 Å². The number of carbonyl (C=O) groups excluding carboxylic acids is 1. The molecule has 1 N–H and O–H groups in total. The highest BCUT2D eigenvalue weighted by atomic mass is 35.5. The fourth-order valence-corrected chi connectivity index (χ4v) is 4.62. The van der Waals surface area contributed by atoms with Gasteiger partial charge in [0.15, 0.2) is 5.78 Å². The molecule has 1 unspecified atom stereocenters. The van der Waals surface area contributed by atoms with E-state index in [4.69, 9.17) is 39.5 Å². The Bertz CT molecular complexity index is 1350. The lowest BCUT2D eigenvalue weighted by atomic mass is 9.83. The number of carboxylic acid groups (broad SMARTS) is 1. The second kappa shape index (κ2) is 9.63. The fourth-order valence-electron chi connectivity index (χ4n) is 3.90. The number of aliphatic imine (C=N–C) groups is 1. The van der Waals surface area contributed by atoms with Crippen LogP contribution in [0.5, 0.6) is 5.75 Å². The average molecular weight is 515 g/mol. The van der Waals surface area contributed by atoms with E-state index in [2.05, 4.69) is 4.99 Å². The van der Waals surface area contributed by atoms with Crippen LogP contribution in [0.15, 0.2) is 71.7 Å². The first-order valence-electron chi connectivity index (χ1n) is 10.2. The zero-order chi connectivity index (χ0) is 24.5. The van der Waals surface area contributed by atoms with E-state index in [1.165, 1.54) is 25.3 Å². The van der Waals surface area contributed by atoms with Crippen LogP contribution in [0, 0.1) is 0 Å². The number of carboxylic acids is 1. The summed E-state index contributed by atoms with van der Waals surface area (Å²) in [5.41, 5.74) is 1.12. The first-order chi connectivity index (χ1) is 16.2. The van der Waals surface area contributed by atoms with Gasteiger partial charge in [-0.05, 0) is 71.8 Å². The molecule has 0 amide bonds. The highest BCUT2D eigenvalue weighted by Gasteiger charge is 2.39. The normalized spacial score (nSPS) is 16.6. The van der Waals surface area contributed by atoms with Gasteiger partial charge in [0.25, 0.3) is 0 Å². The summed E-state index contributed by atoms with van der Waals surface area (Å²) in [6, 6.07) is 14.6. The number of nitrogens with zero attached hydrogens (tertiary/aromatic N) is 1. The van der Waals surface area contributed by atoms with Gasteiger partial charge in [0.05, 0.1) is 17.7 Å². The van der Waals surface area contributed by atoms with Crippen LogP contribution in [-0.2, 0) is 6.42 Å². The second-order valence-electron chi connectivity index (χ2n) is 7.72. The quantitative estimate of drug-likeness (QED) is 0.351. The molecule has 3 aromatic rings. The monoisotopic (exact) mass is 513 g/mol. The van der Waals surface area contributed by atoms with E-state index in [1.807, 2.05) is 6.07 Å². The van der Waals surface area contributed by atoms with Crippen molar-refractivity contribution in [3.05, 3.63) is 98.5 Å². The van der Waals surface area contributed by atoms with Crippen LogP contribution in [0.25, 0.3) is 11.1 Å². The highest BCUT2D eigenvalue weighted by molar-refractivity contribution is 6.37. The third kappa shape index (κ3) is 4.60. The molecule has 0 aromatic heterocycles. The predicted molar refractivity (Wildman–Crippen MR) is 135 cm³/mol. The van der Waals surface area contributed by atoms with Gasteiger partial charge in [-0.25, -0.2) is 4.79 Å². The summed E-state index contributed by atoms with van der Waals surface area (Å²) in [5, 5.41) is 10.4. The van der Waals surface area contributed by atoms with Crippen LogP contribution < -0.4 is 4.74 Å². The molecule has 1 aliphatic heterocycles. The maximum atomic E-state index is 13.6. The number of rotatable bonds is 7. The van der Waals surface area contributed by atoms with Gasteiger partial charge in [-0.1, -0.05) is 40.9 Å². The number of benzene rings is 3. The Hall–Kier alpha value is -3.12. The number of ketones is 1. The van der Waals surface area contributed by atoms with Crippen LogP contribution in [0.4, 0.5) is 0 Å². The van der Waals surface area contributed by atoms with E-state index in [-0.39, 0.29) is 22.8 Å². The van der Waals surface area contributed by atoms with Gasteiger partial charge in [0, 0.05) is 33.8 Å². The molecule has 0 fully saturated rings. The number of ether oxygens (including phenoxy) is 1. The third-order valence-corrected chi connectivity index (χ3v) is 6.47. The second-order valence-corrected chi connectivity index (χ2v) is 8.97. The van der Waals surface area contributed by atoms with Crippen molar-refractivity contribution in [1.29, 1.82) is 0 Å². The van der Waals surface area contributed by atoms with Crippen LogP contribution >= 0.6 is 34.8 Å². The number of Topliss-reactive ketones (excluding diaryl/α,β-unsaturated/α-hetero) is 1. The smallest absolute Gasteiger partial charge is 0.335 e. The van der Waals surface area contributed by atoms with Crippen molar-refractivity contribution in [1.82, 2.24) is 0 Å². The molecule has 4 rings (SSSR count). The number of allylic oxidation sites excluding steroid dienone is 1. The van der Waals surface area contributed by atoms with Crippen LogP contribution in [0.1, 0.15) is 26.3 Å². The van der Waals surface area contributed by atoms with Gasteiger partial charge < -0.3 is 9.84 Å². The van der Waals surface area contributed by atoms with Gasteiger partial charge in [-0.3, -0.25) is 9.79 Å². The van der Waals surface area contributed by atoms with Crippen molar-refractivity contribution in [2.75, 3.05) is 7.11 Å². The van der Waals surface area contributed by atoms with E-state index in [1.54, 1.807) is 48.7 Å². The highest BCUT2D eigenvalue weighted by Crippen LogP contribution is 2.37.